The highest BCUT2D eigenvalue weighted by atomic mass is 32.2. The van der Waals surface area contributed by atoms with Gasteiger partial charge in [-0.3, -0.25) is 4.79 Å². The molecule has 4 heterocycles. The number of hydrogen-bond acceptors (Lipinski definition) is 4. The number of sulfonamides is 1. The number of hydrogen-bond donors (Lipinski definition) is 0. The summed E-state index contributed by atoms with van der Waals surface area (Å²) < 4.78 is 26.7. The summed E-state index contributed by atoms with van der Waals surface area (Å²) in [5.74, 6) is 0.365. The van der Waals surface area contributed by atoms with E-state index in [1.807, 2.05) is 17.2 Å². The number of aromatic nitrogens is 2. The van der Waals surface area contributed by atoms with Gasteiger partial charge in [0.05, 0.1) is 23.5 Å². The molecule has 2 aliphatic rings. The van der Waals surface area contributed by atoms with E-state index in [9.17, 15) is 13.2 Å². The van der Waals surface area contributed by atoms with Crippen molar-refractivity contribution in [3.63, 3.8) is 0 Å². The number of carbonyl (C=O) groups excluding carboxylic acids is 1. The second kappa shape index (κ2) is 6.66. The van der Waals surface area contributed by atoms with Crippen LogP contribution in [-0.2, 0) is 10.0 Å². The molecule has 2 fully saturated rings. The fraction of sp³-hybridized carbons (Fsp3) is 0.556. The van der Waals surface area contributed by atoms with Crippen molar-refractivity contribution in [2.24, 2.45) is 0 Å². The lowest BCUT2D eigenvalue weighted by molar-refractivity contribution is 0.0794. The van der Waals surface area contributed by atoms with E-state index in [0.29, 0.717) is 24.6 Å². The van der Waals surface area contributed by atoms with Crippen LogP contribution in [0.2, 0.25) is 0 Å². The molecule has 140 valence electrons. The van der Waals surface area contributed by atoms with Gasteiger partial charge in [0, 0.05) is 32.4 Å². The van der Waals surface area contributed by atoms with Gasteiger partial charge >= 0.3 is 0 Å². The molecular weight excluding hydrogens is 352 g/mol. The molecule has 0 unspecified atom stereocenters. The second-order valence-corrected chi connectivity index (χ2v) is 9.27. The number of pyridine rings is 1. The van der Waals surface area contributed by atoms with Gasteiger partial charge in [-0.1, -0.05) is 0 Å². The Balaban J connectivity index is 1.58. The Hall–Kier alpha value is -1.93. The van der Waals surface area contributed by atoms with Gasteiger partial charge in [-0.2, -0.15) is 5.10 Å². The number of likely N-dealkylation sites (tertiary alicyclic amines) is 1. The standard InChI is InChI=1S/C18H24N4O3S/c1-26(24,25)21-9-4-14(5-10-21)15-6-11-22-17(12-15)16(13-19-22)18(23)20-7-2-3-8-20/h6,11-14H,2-5,7-10H2,1H3. The molecule has 26 heavy (non-hydrogen) atoms. The van der Waals surface area contributed by atoms with Crippen molar-refractivity contribution < 1.29 is 13.2 Å². The highest BCUT2D eigenvalue weighted by molar-refractivity contribution is 7.88. The lowest BCUT2D eigenvalue weighted by atomic mass is 9.90. The molecule has 0 radical (unpaired) electrons. The zero-order valence-electron chi connectivity index (χ0n) is 15.0. The van der Waals surface area contributed by atoms with Crippen molar-refractivity contribution >= 4 is 21.4 Å². The Labute approximate surface area is 153 Å². The summed E-state index contributed by atoms with van der Waals surface area (Å²) >= 11 is 0. The number of piperidine rings is 1. The quantitative estimate of drug-likeness (QED) is 0.817. The molecule has 0 spiro atoms. The first-order chi connectivity index (χ1) is 12.4. The van der Waals surface area contributed by atoms with Crippen molar-refractivity contribution in [3.05, 3.63) is 35.7 Å². The Kier molecular flexibility index (Phi) is 4.48. The lowest BCUT2D eigenvalue weighted by Crippen LogP contribution is -2.37. The van der Waals surface area contributed by atoms with Crippen molar-refractivity contribution in [3.8, 4) is 0 Å². The number of carbonyl (C=O) groups is 1. The van der Waals surface area contributed by atoms with Gasteiger partial charge in [0.2, 0.25) is 10.0 Å². The molecule has 0 aliphatic carbocycles. The first-order valence-corrected chi connectivity index (χ1v) is 11.0. The zero-order valence-corrected chi connectivity index (χ0v) is 15.8. The van der Waals surface area contributed by atoms with E-state index in [1.54, 1.807) is 15.0 Å². The first-order valence-electron chi connectivity index (χ1n) is 9.15. The van der Waals surface area contributed by atoms with E-state index in [1.165, 1.54) is 6.26 Å². The molecule has 0 aromatic carbocycles. The van der Waals surface area contributed by atoms with Crippen LogP contribution in [0.15, 0.2) is 24.5 Å². The number of rotatable bonds is 3. The summed E-state index contributed by atoms with van der Waals surface area (Å²) in [5, 5.41) is 4.32. The van der Waals surface area contributed by atoms with Crippen LogP contribution in [0, 0.1) is 0 Å². The fourth-order valence-electron chi connectivity index (χ4n) is 4.03. The van der Waals surface area contributed by atoms with Gasteiger partial charge in [0.1, 0.15) is 0 Å². The molecule has 1 amide bonds. The van der Waals surface area contributed by atoms with Crippen LogP contribution < -0.4 is 0 Å². The molecule has 0 N–H and O–H groups in total. The summed E-state index contributed by atoms with van der Waals surface area (Å²) in [4.78, 5) is 14.7. The molecule has 7 nitrogen and oxygen atoms in total. The van der Waals surface area contributed by atoms with Crippen LogP contribution in [0.3, 0.4) is 0 Å². The van der Waals surface area contributed by atoms with Gasteiger partial charge in [0.15, 0.2) is 0 Å². The summed E-state index contributed by atoms with van der Waals surface area (Å²) in [7, 11) is -3.12. The molecule has 0 bridgehead atoms. The predicted octanol–water partition coefficient (Wildman–Crippen LogP) is 1.71. The highest BCUT2D eigenvalue weighted by Gasteiger charge is 2.27. The van der Waals surface area contributed by atoms with E-state index in [2.05, 4.69) is 11.2 Å². The minimum Gasteiger partial charge on any atom is -0.339 e. The Morgan fingerprint density at radius 1 is 1.15 bits per heavy atom. The van der Waals surface area contributed by atoms with Crippen LogP contribution >= 0.6 is 0 Å². The van der Waals surface area contributed by atoms with Crippen LogP contribution in [0.25, 0.3) is 5.52 Å². The third-order valence-corrected chi connectivity index (χ3v) is 6.87. The maximum atomic E-state index is 12.8. The summed E-state index contributed by atoms with van der Waals surface area (Å²) in [6, 6.07) is 4.09. The smallest absolute Gasteiger partial charge is 0.257 e. The van der Waals surface area contributed by atoms with Gasteiger partial charge < -0.3 is 4.90 Å². The predicted molar refractivity (Wildman–Crippen MR) is 98.7 cm³/mol. The maximum absolute atomic E-state index is 12.8. The van der Waals surface area contributed by atoms with Crippen LogP contribution in [0.5, 0.6) is 0 Å². The second-order valence-electron chi connectivity index (χ2n) is 7.28. The minimum atomic E-state index is -3.12. The summed E-state index contributed by atoms with van der Waals surface area (Å²) in [6.45, 7) is 2.74. The first kappa shape index (κ1) is 17.5. The third kappa shape index (κ3) is 3.23. The van der Waals surface area contributed by atoms with E-state index >= 15 is 0 Å². The van der Waals surface area contributed by atoms with E-state index in [-0.39, 0.29) is 5.91 Å². The van der Waals surface area contributed by atoms with Gasteiger partial charge in [-0.05, 0) is 49.3 Å². The van der Waals surface area contributed by atoms with E-state index in [0.717, 1.165) is 49.9 Å². The normalized spacial score (nSPS) is 20.1. The lowest BCUT2D eigenvalue weighted by Gasteiger charge is -2.30. The van der Waals surface area contributed by atoms with Gasteiger partial charge in [-0.25, -0.2) is 17.2 Å². The van der Waals surface area contributed by atoms with Crippen molar-refractivity contribution in [1.29, 1.82) is 0 Å². The van der Waals surface area contributed by atoms with Crippen molar-refractivity contribution in [2.75, 3.05) is 32.4 Å². The number of amides is 1. The molecular formula is C18H24N4O3S. The van der Waals surface area contributed by atoms with Crippen LogP contribution in [-0.4, -0.2) is 65.6 Å². The Morgan fingerprint density at radius 2 is 1.85 bits per heavy atom. The van der Waals surface area contributed by atoms with Gasteiger partial charge in [0.25, 0.3) is 5.91 Å². The molecule has 2 aromatic heterocycles. The molecule has 4 rings (SSSR count). The number of fused-ring (bicyclic) bond motifs is 1. The topological polar surface area (TPSA) is 75.0 Å². The van der Waals surface area contributed by atoms with E-state index < -0.39 is 10.0 Å². The highest BCUT2D eigenvalue weighted by Crippen LogP contribution is 2.30. The monoisotopic (exact) mass is 376 g/mol. The average molecular weight is 376 g/mol. The largest absolute Gasteiger partial charge is 0.339 e. The maximum Gasteiger partial charge on any atom is 0.257 e. The zero-order chi connectivity index (χ0) is 18.3. The van der Waals surface area contributed by atoms with Crippen molar-refractivity contribution in [1.82, 2.24) is 18.8 Å². The summed E-state index contributed by atoms with van der Waals surface area (Å²) in [6.07, 6.45) is 8.55. The minimum absolute atomic E-state index is 0.0570. The summed E-state index contributed by atoms with van der Waals surface area (Å²) in [5.41, 5.74) is 2.65. The molecule has 8 heteroatoms. The number of nitrogens with zero attached hydrogens (tertiary/aromatic N) is 4. The van der Waals surface area contributed by atoms with Crippen LogP contribution in [0.4, 0.5) is 0 Å². The van der Waals surface area contributed by atoms with Crippen LogP contribution in [0.1, 0.15) is 47.5 Å². The van der Waals surface area contributed by atoms with Gasteiger partial charge in [-0.15, -0.1) is 0 Å². The molecule has 0 atom stereocenters. The SMILES string of the molecule is CS(=O)(=O)N1CCC(c2ccn3ncc(C(=O)N4CCCC4)c3c2)CC1. The molecule has 2 aromatic rings. The van der Waals surface area contributed by atoms with Crippen molar-refractivity contribution in [2.45, 2.75) is 31.6 Å². The molecule has 0 saturated carbocycles. The molecule has 2 saturated heterocycles. The third-order valence-electron chi connectivity index (χ3n) is 5.56. The fourth-order valence-corrected chi connectivity index (χ4v) is 4.90. The Bertz CT molecular complexity index is 923. The van der Waals surface area contributed by atoms with E-state index in [4.69, 9.17) is 0 Å². The Morgan fingerprint density at radius 3 is 2.50 bits per heavy atom. The average Bonchev–Trinajstić information content (AvgIpc) is 3.30. The molecule has 2 aliphatic heterocycles.